The third kappa shape index (κ3) is 3.24. The number of rotatable bonds is 4. The smallest absolute Gasteiger partial charge is 0.225 e. The van der Waals surface area contributed by atoms with E-state index in [2.05, 4.69) is 37.3 Å². The van der Waals surface area contributed by atoms with Crippen LogP contribution in [0.2, 0.25) is 0 Å². The zero-order valence-corrected chi connectivity index (χ0v) is 12.8. The number of hydrogen-bond acceptors (Lipinski definition) is 5. The molecule has 18 heavy (non-hydrogen) atoms. The number of thiocarbonyl (C=S) groups is 1. The summed E-state index contributed by atoms with van der Waals surface area (Å²) >= 11 is 10.0. The summed E-state index contributed by atoms with van der Waals surface area (Å²) < 4.78 is 1.11. The molecule has 0 fully saturated rings. The van der Waals surface area contributed by atoms with Crippen LogP contribution < -0.4 is 10.6 Å². The molecule has 0 radical (unpaired) electrons. The van der Waals surface area contributed by atoms with Crippen molar-refractivity contribution < 1.29 is 0 Å². The molecule has 7 heteroatoms. The molecule has 2 N–H and O–H groups in total. The molecule has 0 unspecified atom stereocenters. The predicted molar refractivity (Wildman–Crippen MR) is 82.0 cm³/mol. The first-order valence-electron chi connectivity index (χ1n) is 5.13. The molecular formula is C11H11BrN4S2. The van der Waals surface area contributed by atoms with E-state index in [1.54, 1.807) is 23.6 Å². The van der Waals surface area contributed by atoms with Crippen molar-refractivity contribution in [2.45, 2.75) is 6.54 Å². The lowest BCUT2D eigenvalue weighted by Gasteiger charge is -2.16. The lowest BCUT2D eigenvalue weighted by molar-refractivity contribution is 0.867. The highest BCUT2D eigenvalue weighted by Gasteiger charge is 2.08. The largest absolute Gasteiger partial charge is 0.388 e. The molecule has 94 valence electrons. The SMILES string of the molecule is CN(Cc1csc(Br)c1)c1nccc(C(N)=S)n1. The predicted octanol–water partition coefficient (Wildman–Crippen LogP) is 2.57. The zero-order chi connectivity index (χ0) is 13.1. The second-order valence-corrected chi connectivity index (χ2v) is 6.45. The van der Waals surface area contributed by atoms with Crippen molar-refractivity contribution in [2.24, 2.45) is 5.73 Å². The van der Waals surface area contributed by atoms with Crippen LogP contribution in [0.1, 0.15) is 11.3 Å². The molecule has 0 aliphatic heterocycles. The molecule has 0 saturated heterocycles. The van der Waals surface area contributed by atoms with E-state index in [4.69, 9.17) is 18.0 Å². The van der Waals surface area contributed by atoms with E-state index in [0.29, 0.717) is 11.6 Å². The number of nitrogens with zero attached hydrogens (tertiary/aromatic N) is 3. The topological polar surface area (TPSA) is 55.0 Å². The average molecular weight is 343 g/mol. The monoisotopic (exact) mass is 342 g/mol. The van der Waals surface area contributed by atoms with Gasteiger partial charge in [-0.05, 0) is 39.0 Å². The van der Waals surface area contributed by atoms with Crippen LogP contribution in [0.4, 0.5) is 5.95 Å². The van der Waals surface area contributed by atoms with Crippen LogP contribution in [0, 0.1) is 0 Å². The Kier molecular flexibility index (Phi) is 4.26. The van der Waals surface area contributed by atoms with Gasteiger partial charge in [-0.25, -0.2) is 9.97 Å². The Morgan fingerprint density at radius 1 is 1.61 bits per heavy atom. The van der Waals surface area contributed by atoms with Gasteiger partial charge in [0.25, 0.3) is 0 Å². The van der Waals surface area contributed by atoms with E-state index in [1.807, 2.05) is 11.9 Å². The Morgan fingerprint density at radius 3 is 3.00 bits per heavy atom. The Labute approximate surface area is 123 Å². The number of thiophene rings is 1. The molecule has 0 saturated carbocycles. The van der Waals surface area contributed by atoms with Crippen LogP contribution >= 0.6 is 39.5 Å². The summed E-state index contributed by atoms with van der Waals surface area (Å²) in [5.41, 5.74) is 7.36. The van der Waals surface area contributed by atoms with Gasteiger partial charge in [0.1, 0.15) is 10.7 Å². The number of nitrogens with two attached hydrogens (primary N) is 1. The molecule has 0 bridgehead atoms. The first kappa shape index (κ1) is 13.4. The summed E-state index contributed by atoms with van der Waals surface area (Å²) in [7, 11) is 1.93. The van der Waals surface area contributed by atoms with Crippen LogP contribution in [0.3, 0.4) is 0 Å². The normalized spacial score (nSPS) is 10.3. The maximum Gasteiger partial charge on any atom is 0.225 e. The van der Waals surface area contributed by atoms with Gasteiger partial charge in [0.05, 0.1) is 3.79 Å². The Balaban J connectivity index is 2.15. The molecule has 2 aromatic heterocycles. The van der Waals surface area contributed by atoms with E-state index >= 15 is 0 Å². The van der Waals surface area contributed by atoms with Crippen molar-refractivity contribution in [2.75, 3.05) is 11.9 Å². The molecule has 0 amide bonds. The maximum absolute atomic E-state index is 5.56. The van der Waals surface area contributed by atoms with Gasteiger partial charge < -0.3 is 10.6 Å². The molecular weight excluding hydrogens is 332 g/mol. The van der Waals surface area contributed by atoms with Gasteiger partial charge in [-0.3, -0.25) is 0 Å². The van der Waals surface area contributed by atoms with Gasteiger partial charge in [-0.1, -0.05) is 12.2 Å². The minimum atomic E-state index is 0.283. The molecule has 2 heterocycles. The Hall–Kier alpha value is -1.05. The third-order valence-electron chi connectivity index (χ3n) is 2.28. The highest BCUT2D eigenvalue weighted by Crippen LogP contribution is 2.22. The zero-order valence-electron chi connectivity index (χ0n) is 9.63. The number of anilines is 1. The molecule has 0 aromatic carbocycles. The van der Waals surface area contributed by atoms with E-state index in [9.17, 15) is 0 Å². The van der Waals surface area contributed by atoms with Crippen LogP contribution in [0.15, 0.2) is 27.5 Å². The Morgan fingerprint density at radius 2 is 2.39 bits per heavy atom. The highest BCUT2D eigenvalue weighted by molar-refractivity contribution is 9.11. The van der Waals surface area contributed by atoms with Gasteiger partial charge in [-0.15, -0.1) is 11.3 Å². The average Bonchev–Trinajstić information content (AvgIpc) is 2.75. The third-order valence-corrected chi connectivity index (χ3v) is 4.04. The molecule has 0 spiro atoms. The molecule has 4 nitrogen and oxygen atoms in total. The van der Waals surface area contributed by atoms with E-state index < -0.39 is 0 Å². The van der Waals surface area contributed by atoms with Crippen LogP contribution in [-0.4, -0.2) is 22.0 Å². The van der Waals surface area contributed by atoms with Crippen molar-refractivity contribution in [3.05, 3.63) is 38.8 Å². The van der Waals surface area contributed by atoms with E-state index in [1.165, 1.54) is 5.56 Å². The van der Waals surface area contributed by atoms with Crippen molar-refractivity contribution in [1.29, 1.82) is 0 Å². The lowest BCUT2D eigenvalue weighted by Crippen LogP contribution is -2.21. The molecule has 0 atom stereocenters. The number of hydrogen-bond donors (Lipinski definition) is 1. The second-order valence-electron chi connectivity index (χ2n) is 3.72. The van der Waals surface area contributed by atoms with Crippen molar-refractivity contribution >= 4 is 50.4 Å². The van der Waals surface area contributed by atoms with Crippen molar-refractivity contribution in [1.82, 2.24) is 9.97 Å². The van der Waals surface area contributed by atoms with Gasteiger partial charge in [0.2, 0.25) is 5.95 Å². The summed E-state index contributed by atoms with van der Waals surface area (Å²) in [5, 5.41) is 2.10. The lowest BCUT2D eigenvalue weighted by atomic mass is 10.3. The van der Waals surface area contributed by atoms with Gasteiger partial charge in [0.15, 0.2) is 0 Å². The molecule has 2 aromatic rings. The summed E-state index contributed by atoms with van der Waals surface area (Å²) in [6.45, 7) is 0.739. The molecule has 0 aliphatic rings. The fourth-order valence-electron chi connectivity index (χ4n) is 1.44. The quantitative estimate of drug-likeness (QED) is 0.865. The first-order valence-corrected chi connectivity index (χ1v) is 7.21. The minimum Gasteiger partial charge on any atom is -0.388 e. The summed E-state index contributed by atoms with van der Waals surface area (Å²) in [6, 6.07) is 3.79. The highest BCUT2D eigenvalue weighted by atomic mass is 79.9. The fourth-order valence-corrected chi connectivity index (χ4v) is 2.76. The second kappa shape index (κ2) is 5.73. The van der Waals surface area contributed by atoms with Crippen molar-refractivity contribution in [3.63, 3.8) is 0 Å². The molecule has 2 rings (SSSR count). The van der Waals surface area contributed by atoms with Crippen molar-refractivity contribution in [3.8, 4) is 0 Å². The molecule has 0 aliphatic carbocycles. The van der Waals surface area contributed by atoms with Gasteiger partial charge in [-0.2, -0.15) is 0 Å². The summed E-state index contributed by atoms with van der Waals surface area (Å²) in [6.07, 6.45) is 1.66. The summed E-state index contributed by atoms with van der Waals surface area (Å²) in [5.74, 6) is 0.614. The summed E-state index contributed by atoms with van der Waals surface area (Å²) in [4.78, 5) is 10.8. The Bertz CT molecular complexity index is 570. The first-order chi connectivity index (χ1) is 8.56. The number of aromatic nitrogens is 2. The minimum absolute atomic E-state index is 0.283. The van der Waals surface area contributed by atoms with Crippen LogP contribution in [-0.2, 0) is 6.54 Å². The standard InChI is InChI=1S/C11H11BrN4S2/c1-16(5-7-4-9(12)18-6-7)11-14-3-2-8(15-11)10(13)17/h2-4,6H,5H2,1H3,(H2,13,17). The van der Waals surface area contributed by atoms with Gasteiger partial charge in [0, 0.05) is 19.8 Å². The maximum atomic E-state index is 5.56. The fraction of sp³-hybridized carbons (Fsp3) is 0.182. The number of halogens is 1. The van der Waals surface area contributed by atoms with Crippen LogP contribution in [0.25, 0.3) is 0 Å². The van der Waals surface area contributed by atoms with Crippen LogP contribution in [0.5, 0.6) is 0 Å². The van der Waals surface area contributed by atoms with E-state index in [0.717, 1.165) is 10.3 Å². The van der Waals surface area contributed by atoms with Gasteiger partial charge >= 0.3 is 0 Å². The van der Waals surface area contributed by atoms with E-state index in [-0.39, 0.29) is 4.99 Å².